The van der Waals surface area contributed by atoms with Gasteiger partial charge >= 0.3 is 0 Å². The molecule has 184 valence electrons. The maximum Gasteiger partial charge on any atom is 0.0165 e. The molecule has 0 heterocycles. The lowest BCUT2D eigenvalue weighted by Gasteiger charge is -2.44. The van der Waals surface area contributed by atoms with Crippen LogP contribution in [-0.4, -0.2) is 9.49 Å². The van der Waals surface area contributed by atoms with Crippen molar-refractivity contribution in [1.29, 1.82) is 0 Å². The minimum absolute atomic E-state index is 0.633. The summed E-state index contributed by atoms with van der Waals surface area (Å²) < 4.78 is 1.27. The van der Waals surface area contributed by atoms with Gasteiger partial charge in [0.1, 0.15) is 0 Å². The van der Waals surface area contributed by atoms with Crippen LogP contribution in [0, 0.1) is 0 Å². The molecule has 0 aromatic rings. The van der Waals surface area contributed by atoms with E-state index in [1.165, 1.54) is 167 Å². The topological polar surface area (TPSA) is 0 Å². The van der Waals surface area contributed by atoms with Crippen LogP contribution in [0.5, 0.6) is 0 Å². The molecule has 2 rings (SSSR count). The van der Waals surface area contributed by atoms with Crippen LogP contribution in [0.2, 0.25) is 0 Å². The minimum atomic E-state index is 0.633. The molecule has 1 heteroatoms. The van der Waals surface area contributed by atoms with E-state index in [1.54, 1.807) is 0 Å². The van der Waals surface area contributed by atoms with E-state index in [-0.39, 0.29) is 0 Å². The standard InChI is InChI=1S/C30H58S/c1-3-5-7-9-11-17-23-29(25-19-13-14-20-26-29)31-30(27-21-15-16-22-28-30)24-18-12-10-8-6-4-2/h3-28H2,1-2H3. The van der Waals surface area contributed by atoms with Crippen LogP contribution in [0.15, 0.2) is 0 Å². The summed E-state index contributed by atoms with van der Waals surface area (Å²) >= 11 is 2.60. The summed E-state index contributed by atoms with van der Waals surface area (Å²) in [7, 11) is 0. The Morgan fingerprint density at radius 2 is 0.742 bits per heavy atom. The van der Waals surface area contributed by atoms with E-state index >= 15 is 0 Å². The van der Waals surface area contributed by atoms with E-state index in [0.29, 0.717) is 9.49 Å². The highest BCUT2D eigenvalue weighted by atomic mass is 32.2. The lowest BCUT2D eigenvalue weighted by molar-refractivity contribution is 0.411. The molecule has 0 aliphatic heterocycles. The molecule has 0 unspecified atom stereocenters. The zero-order valence-electron chi connectivity index (χ0n) is 21.8. The van der Waals surface area contributed by atoms with Gasteiger partial charge in [-0.15, -0.1) is 11.8 Å². The average Bonchev–Trinajstić information content (AvgIpc) is 3.15. The third-order valence-electron chi connectivity index (χ3n) is 8.43. The van der Waals surface area contributed by atoms with E-state index in [1.807, 2.05) is 0 Å². The van der Waals surface area contributed by atoms with Crippen molar-refractivity contribution in [2.75, 3.05) is 0 Å². The maximum atomic E-state index is 2.60. The molecule has 0 atom stereocenters. The first kappa shape index (κ1) is 27.6. The third kappa shape index (κ3) is 11.4. The molecule has 0 radical (unpaired) electrons. The van der Waals surface area contributed by atoms with Crippen molar-refractivity contribution in [3.8, 4) is 0 Å². The summed E-state index contributed by atoms with van der Waals surface area (Å²) in [6.07, 6.45) is 38.8. The van der Waals surface area contributed by atoms with Gasteiger partial charge in [-0.2, -0.15) is 0 Å². The zero-order valence-corrected chi connectivity index (χ0v) is 22.6. The minimum Gasteiger partial charge on any atom is -0.148 e. The first-order valence-electron chi connectivity index (χ1n) is 14.9. The van der Waals surface area contributed by atoms with Crippen LogP contribution in [0.25, 0.3) is 0 Å². The molecule has 2 fully saturated rings. The molecule has 2 aliphatic carbocycles. The second kappa shape index (κ2) is 16.9. The Morgan fingerprint density at radius 1 is 0.419 bits per heavy atom. The molecule has 0 nitrogen and oxygen atoms in total. The highest BCUT2D eigenvalue weighted by Crippen LogP contribution is 2.54. The Hall–Kier alpha value is 0.350. The van der Waals surface area contributed by atoms with Gasteiger partial charge in [0.15, 0.2) is 0 Å². The zero-order chi connectivity index (χ0) is 22.1. The molecule has 0 spiro atoms. The van der Waals surface area contributed by atoms with Gasteiger partial charge in [0, 0.05) is 9.49 Å². The van der Waals surface area contributed by atoms with E-state index in [2.05, 4.69) is 25.6 Å². The highest BCUT2D eigenvalue weighted by molar-refractivity contribution is 8.02. The predicted octanol–water partition coefficient (Wildman–Crippen LogP) is 11.4. The fraction of sp³-hybridized carbons (Fsp3) is 1.00. The second-order valence-corrected chi connectivity index (χ2v) is 13.3. The van der Waals surface area contributed by atoms with Crippen molar-refractivity contribution in [1.82, 2.24) is 0 Å². The maximum absolute atomic E-state index is 2.60. The Balaban J connectivity index is 1.96. The highest BCUT2D eigenvalue weighted by Gasteiger charge is 2.41. The molecule has 0 bridgehead atoms. The monoisotopic (exact) mass is 450 g/mol. The lowest BCUT2D eigenvalue weighted by Crippen LogP contribution is -2.35. The lowest BCUT2D eigenvalue weighted by atomic mass is 9.91. The summed E-state index contributed by atoms with van der Waals surface area (Å²) in [5, 5.41) is 0. The van der Waals surface area contributed by atoms with Gasteiger partial charge in [0.25, 0.3) is 0 Å². The van der Waals surface area contributed by atoms with Gasteiger partial charge in [-0.25, -0.2) is 0 Å². The first-order chi connectivity index (χ1) is 15.2. The van der Waals surface area contributed by atoms with E-state index in [4.69, 9.17) is 0 Å². The third-order valence-corrected chi connectivity index (χ3v) is 10.5. The fourth-order valence-electron chi connectivity index (χ4n) is 6.47. The molecular weight excluding hydrogens is 392 g/mol. The molecule has 2 saturated carbocycles. The Bertz CT molecular complexity index is 361. The van der Waals surface area contributed by atoms with Crippen molar-refractivity contribution in [2.45, 2.75) is 190 Å². The van der Waals surface area contributed by atoms with Crippen molar-refractivity contribution in [3.05, 3.63) is 0 Å². The molecule has 0 N–H and O–H groups in total. The first-order valence-corrected chi connectivity index (χ1v) is 15.8. The van der Waals surface area contributed by atoms with Crippen LogP contribution in [0.4, 0.5) is 0 Å². The summed E-state index contributed by atoms with van der Waals surface area (Å²) in [5.41, 5.74) is 0. The molecular formula is C30H58S. The fourth-order valence-corrected chi connectivity index (χ4v) is 8.86. The van der Waals surface area contributed by atoms with Crippen molar-refractivity contribution in [2.24, 2.45) is 0 Å². The Kier molecular flexibility index (Phi) is 15.0. The quantitative estimate of drug-likeness (QED) is 0.166. The number of rotatable bonds is 16. The van der Waals surface area contributed by atoms with Crippen molar-refractivity contribution >= 4 is 11.8 Å². The summed E-state index contributed by atoms with van der Waals surface area (Å²) in [5.74, 6) is 0. The van der Waals surface area contributed by atoms with Gasteiger partial charge < -0.3 is 0 Å². The molecule has 0 aromatic heterocycles. The van der Waals surface area contributed by atoms with Crippen LogP contribution in [0.1, 0.15) is 181 Å². The SMILES string of the molecule is CCCCCCCCC1(SC2(CCCCCCCC)CCCCCC2)CCCCCC1. The van der Waals surface area contributed by atoms with Crippen LogP contribution < -0.4 is 0 Å². The van der Waals surface area contributed by atoms with Crippen LogP contribution >= 0.6 is 11.8 Å². The normalized spacial score (nSPS) is 21.5. The Morgan fingerprint density at radius 3 is 1.10 bits per heavy atom. The number of thioether (sulfide) groups is 1. The van der Waals surface area contributed by atoms with Gasteiger partial charge in [0.05, 0.1) is 0 Å². The van der Waals surface area contributed by atoms with E-state index in [9.17, 15) is 0 Å². The largest absolute Gasteiger partial charge is 0.148 e. The smallest absolute Gasteiger partial charge is 0.0165 e. The van der Waals surface area contributed by atoms with Crippen molar-refractivity contribution in [3.63, 3.8) is 0 Å². The molecule has 0 amide bonds. The van der Waals surface area contributed by atoms with Crippen LogP contribution in [0.3, 0.4) is 0 Å². The molecule has 0 aromatic carbocycles. The molecule has 0 saturated heterocycles. The summed E-state index contributed by atoms with van der Waals surface area (Å²) in [4.78, 5) is 0. The molecule has 31 heavy (non-hydrogen) atoms. The summed E-state index contributed by atoms with van der Waals surface area (Å²) in [6.45, 7) is 4.68. The number of hydrogen-bond acceptors (Lipinski definition) is 1. The summed E-state index contributed by atoms with van der Waals surface area (Å²) in [6, 6.07) is 0. The Labute approximate surface area is 201 Å². The van der Waals surface area contributed by atoms with E-state index in [0.717, 1.165) is 0 Å². The van der Waals surface area contributed by atoms with Gasteiger partial charge in [-0.3, -0.25) is 0 Å². The van der Waals surface area contributed by atoms with Gasteiger partial charge in [-0.1, -0.05) is 142 Å². The van der Waals surface area contributed by atoms with E-state index < -0.39 is 0 Å². The average molecular weight is 451 g/mol. The predicted molar refractivity (Wildman–Crippen MR) is 144 cm³/mol. The number of hydrogen-bond donors (Lipinski definition) is 0. The second-order valence-electron chi connectivity index (χ2n) is 11.3. The molecule has 2 aliphatic rings. The van der Waals surface area contributed by atoms with Gasteiger partial charge in [-0.05, 0) is 38.5 Å². The van der Waals surface area contributed by atoms with Crippen LogP contribution in [-0.2, 0) is 0 Å². The number of unbranched alkanes of at least 4 members (excludes halogenated alkanes) is 10. The van der Waals surface area contributed by atoms with Crippen molar-refractivity contribution < 1.29 is 0 Å². The van der Waals surface area contributed by atoms with Gasteiger partial charge in [0.2, 0.25) is 0 Å².